The van der Waals surface area contributed by atoms with E-state index in [1.807, 2.05) is 0 Å². The molecule has 0 aliphatic carbocycles. The molecule has 82 valence electrons. The number of carbonyl (C=O) groups is 1. The molecule has 1 aromatic carbocycles. The van der Waals surface area contributed by atoms with Gasteiger partial charge in [-0.2, -0.15) is 0 Å². The lowest BCUT2D eigenvalue weighted by molar-refractivity contribution is -0.144. The summed E-state index contributed by atoms with van der Waals surface area (Å²) in [7, 11) is 0. The number of rotatable bonds is 3. The lowest BCUT2D eigenvalue weighted by Crippen LogP contribution is -2.23. The Labute approximate surface area is 97.6 Å². The van der Waals surface area contributed by atoms with E-state index in [-0.39, 0.29) is 0 Å². The Morgan fingerprint density at radius 3 is 2.53 bits per heavy atom. The van der Waals surface area contributed by atoms with Gasteiger partial charge in [-0.25, -0.2) is 4.79 Å². The maximum Gasteiger partial charge on any atom is 0.344 e. The van der Waals surface area contributed by atoms with E-state index >= 15 is 0 Å². The summed E-state index contributed by atoms with van der Waals surface area (Å²) in [5.74, 6) is -0.716. The minimum absolute atomic E-state index is 0.304. The maximum absolute atomic E-state index is 10.6. The van der Waals surface area contributed by atoms with Crippen molar-refractivity contribution in [3.8, 4) is 5.75 Å². The van der Waals surface area contributed by atoms with Crippen LogP contribution >= 0.6 is 23.2 Å². The number of aryl methyl sites for hydroxylation is 1. The average molecular weight is 249 g/mol. The van der Waals surface area contributed by atoms with Crippen LogP contribution < -0.4 is 4.74 Å². The molecule has 0 bridgehead atoms. The second-order valence-electron chi connectivity index (χ2n) is 3.13. The quantitative estimate of drug-likeness (QED) is 0.894. The van der Waals surface area contributed by atoms with Crippen molar-refractivity contribution in [1.82, 2.24) is 0 Å². The molecule has 1 rings (SSSR count). The number of benzene rings is 1. The van der Waals surface area contributed by atoms with Gasteiger partial charge in [-0.1, -0.05) is 23.2 Å². The topological polar surface area (TPSA) is 46.5 Å². The Morgan fingerprint density at radius 1 is 1.40 bits per heavy atom. The van der Waals surface area contributed by atoms with Gasteiger partial charge in [0.2, 0.25) is 0 Å². The number of aliphatic carboxylic acids is 1. The molecule has 1 aromatic rings. The van der Waals surface area contributed by atoms with Crippen LogP contribution in [-0.4, -0.2) is 17.2 Å². The monoisotopic (exact) mass is 248 g/mol. The summed E-state index contributed by atoms with van der Waals surface area (Å²) in [6.07, 6.45) is -0.942. The molecular weight excluding hydrogens is 239 g/mol. The number of ether oxygens (including phenoxy) is 1. The van der Waals surface area contributed by atoms with Crippen molar-refractivity contribution < 1.29 is 14.6 Å². The number of hydrogen-bond donors (Lipinski definition) is 1. The standard InChI is InChI=1S/C10H10Cl2O3/c1-5-3-9(8(12)4-7(5)11)15-6(2)10(13)14/h3-4,6H,1-2H3,(H,13,14). The van der Waals surface area contributed by atoms with Gasteiger partial charge < -0.3 is 9.84 Å². The normalized spacial score (nSPS) is 12.3. The summed E-state index contributed by atoms with van der Waals surface area (Å²) in [4.78, 5) is 10.6. The molecule has 0 aliphatic heterocycles. The van der Waals surface area contributed by atoms with Gasteiger partial charge >= 0.3 is 5.97 Å². The van der Waals surface area contributed by atoms with E-state index in [1.54, 1.807) is 13.0 Å². The molecule has 5 heteroatoms. The first-order valence-corrected chi connectivity index (χ1v) is 5.02. The van der Waals surface area contributed by atoms with E-state index < -0.39 is 12.1 Å². The van der Waals surface area contributed by atoms with Gasteiger partial charge in [0.25, 0.3) is 0 Å². The van der Waals surface area contributed by atoms with E-state index in [2.05, 4.69) is 0 Å². The van der Waals surface area contributed by atoms with Gasteiger partial charge in [-0.15, -0.1) is 0 Å². The fourth-order valence-corrected chi connectivity index (χ4v) is 1.39. The van der Waals surface area contributed by atoms with Crippen LogP contribution in [-0.2, 0) is 4.79 Å². The molecule has 0 fully saturated rings. The van der Waals surface area contributed by atoms with Crippen molar-refractivity contribution in [3.05, 3.63) is 27.7 Å². The third kappa shape index (κ3) is 3.01. The zero-order valence-corrected chi connectivity index (χ0v) is 9.76. The zero-order valence-electron chi connectivity index (χ0n) is 8.25. The van der Waals surface area contributed by atoms with E-state index in [0.717, 1.165) is 5.56 Å². The molecule has 0 aromatic heterocycles. The molecule has 0 amide bonds. The maximum atomic E-state index is 10.6. The molecule has 1 unspecified atom stereocenters. The highest BCUT2D eigenvalue weighted by Gasteiger charge is 2.15. The van der Waals surface area contributed by atoms with Crippen molar-refractivity contribution in [2.24, 2.45) is 0 Å². The summed E-state index contributed by atoms with van der Waals surface area (Å²) in [6.45, 7) is 3.22. The fourth-order valence-electron chi connectivity index (χ4n) is 0.962. The molecule has 0 spiro atoms. The second kappa shape index (κ2) is 4.73. The Hall–Kier alpha value is -0.930. The lowest BCUT2D eigenvalue weighted by Gasteiger charge is -2.12. The van der Waals surface area contributed by atoms with Crippen LogP contribution in [0.3, 0.4) is 0 Å². The van der Waals surface area contributed by atoms with E-state index in [4.69, 9.17) is 33.0 Å². The van der Waals surface area contributed by atoms with Crippen LogP contribution in [0.1, 0.15) is 12.5 Å². The van der Waals surface area contributed by atoms with Crippen LogP contribution in [0.5, 0.6) is 5.75 Å². The first kappa shape index (κ1) is 12.1. The number of halogens is 2. The summed E-state index contributed by atoms with van der Waals surface area (Å²) in [5.41, 5.74) is 0.786. The molecule has 1 N–H and O–H groups in total. The average Bonchev–Trinajstić information content (AvgIpc) is 2.13. The number of carboxylic acids is 1. The zero-order chi connectivity index (χ0) is 11.6. The Kier molecular flexibility index (Phi) is 3.83. The van der Waals surface area contributed by atoms with Crippen molar-refractivity contribution in [1.29, 1.82) is 0 Å². The molecule has 0 saturated carbocycles. The number of hydrogen-bond acceptors (Lipinski definition) is 2. The van der Waals surface area contributed by atoms with Crippen LogP contribution in [0.4, 0.5) is 0 Å². The van der Waals surface area contributed by atoms with Crippen molar-refractivity contribution in [2.75, 3.05) is 0 Å². The van der Waals surface area contributed by atoms with Crippen molar-refractivity contribution in [2.45, 2.75) is 20.0 Å². The van der Waals surface area contributed by atoms with Crippen molar-refractivity contribution >= 4 is 29.2 Å². The Bertz CT molecular complexity index is 390. The third-order valence-corrected chi connectivity index (χ3v) is 2.57. The van der Waals surface area contributed by atoms with Crippen LogP contribution in [0.25, 0.3) is 0 Å². The molecule has 0 heterocycles. The summed E-state index contributed by atoms with van der Waals surface area (Å²) < 4.78 is 5.15. The van der Waals surface area contributed by atoms with E-state index in [1.165, 1.54) is 13.0 Å². The second-order valence-corrected chi connectivity index (χ2v) is 3.94. The molecule has 15 heavy (non-hydrogen) atoms. The minimum atomic E-state index is -1.04. The smallest absolute Gasteiger partial charge is 0.344 e. The molecule has 1 atom stereocenters. The van der Waals surface area contributed by atoms with Gasteiger partial charge in [0.05, 0.1) is 5.02 Å². The van der Waals surface area contributed by atoms with Gasteiger partial charge in [0, 0.05) is 5.02 Å². The van der Waals surface area contributed by atoms with Gasteiger partial charge in [0.15, 0.2) is 6.10 Å². The van der Waals surface area contributed by atoms with Crippen LogP contribution in [0.2, 0.25) is 10.0 Å². The van der Waals surface area contributed by atoms with E-state index in [0.29, 0.717) is 15.8 Å². The summed E-state index contributed by atoms with van der Waals surface area (Å²) in [5, 5.41) is 9.49. The number of carboxylic acid groups (broad SMARTS) is 1. The predicted octanol–water partition coefficient (Wildman–Crippen LogP) is 3.15. The Morgan fingerprint density at radius 2 is 2.00 bits per heavy atom. The first-order chi connectivity index (χ1) is 6.91. The lowest BCUT2D eigenvalue weighted by atomic mass is 10.2. The minimum Gasteiger partial charge on any atom is -0.479 e. The fraction of sp³-hybridized carbons (Fsp3) is 0.300. The van der Waals surface area contributed by atoms with Gasteiger partial charge in [0.1, 0.15) is 5.75 Å². The molecule has 0 aliphatic rings. The largest absolute Gasteiger partial charge is 0.479 e. The molecule has 3 nitrogen and oxygen atoms in total. The van der Waals surface area contributed by atoms with Gasteiger partial charge in [-0.05, 0) is 31.5 Å². The molecule has 0 saturated heterocycles. The van der Waals surface area contributed by atoms with Crippen molar-refractivity contribution in [3.63, 3.8) is 0 Å². The summed E-state index contributed by atoms with van der Waals surface area (Å²) >= 11 is 11.7. The Balaban J connectivity index is 2.95. The predicted molar refractivity (Wildman–Crippen MR) is 58.9 cm³/mol. The molecule has 0 radical (unpaired) electrons. The van der Waals surface area contributed by atoms with E-state index in [9.17, 15) is 4.79 Å². The SMILES string of the molecule is Cc1cc(OC(C)C(=O)O)c(Cl)cc1Cl. The molecular formula is C10H10Cl2O3. The first-order valence-electron chi connectivity index (χ1n) is 4.27. The highest BCUT2D eigenvalue weighted by Crippen LogP contribution is 2.31. The highest BCUT2D eigenvalue weighted by molar-refractivity contribution is 6.36. The van der Waals surface area contributed by atoms with Crippen LogP contribution in [0, 0.1) is 6.92 Å². The third-order valence-electron chi connectivity index (χ3n) is 1.86. The van der Waals surface area contributed by atoms with Gasteiger partial charge in [-0.3, -0.25) is 0 Å². The summed E-state index contributed by atoms with van der Waals surface area (Å²) in [6, 6.07) is 3.15. The highest BCUT2D eigenvalue weighted by atomic mass is 35.5. The van der Waals surface area contributed by atoms with Crippen LogP contribution in [0.15, 0.2) is 12.1 Å².